The van der Waals surface area contributed by atoms with Gasteiger partial charge in [-0.3, -0.25) is 4.79 Å². The zero-order chi connectivity index (χ0) is 17.1. The van der Waals surface area contributed by atoms with Gasteiger partial charge in [0.15, 0.2) is 0 Å². The molecule has 3 aliphatic rings. The Morgan fingerprint density at radius 1 is 1.04 bits per heavy atom. The number of amides is 1. The first-order chi connectivity index (χ1) is 11.6. The predicted octanol–water partition coefficient (Wildman–Crippen LogP) is 1.26. The van der Waals surface area contributed by atoms with Gasteiger partial charge in [-0.05, 0) is 31.7 Å². The Morgan fingerprint density at radius 3 is 2.38 bits per heavy atom. The van der Waals surface area contributed by atoms with Crippen molar-refractivity contribution in [1.82, 2.24) is 14.7 Å². The minimum Gasteiger partial charge on any atom is -0.480 e. The fourth-order valence-corrected chi connectivity index (χ4v) is 4.75. The van der Waals surface area contributed by atoms with E-state index in [9.17, 15) is 14.7 Å². The van der Waals surface area contributed by atoms with E-state index in [-0.39, 0.29) is 11.9 Å². The van der Waals surface area contributed by atoms with Crippen LogP contribution in [0.4, 0.5) is 0 Å². The van der Waals surface area contributed by atoms with E-state index in [4.69, 9.17) is 0 Å². The fourth-order valence-electron chi connectivity index (χ4n) is 4.75. The van der Waals surface area contributed by atoms with E-state index in [2.05, 4.69) is 16.7 Å². The molecule has 2 aliphatic heterocycles. The lowest BCUT2D eigenvalue weighted by Crippen LogP contribution is -2.49. The summed E-state index contributed by atoms with van der Waals surface area (Å²) >= 11 is 0. The highest BCUT2D eigenvalue weighted by atomic mass is 16.4. The third-order valence-electron chi connectivity index (χ3n) is 6.22. The Hall–Kier alpha value is -1.14. The molecule has 1 amide bonds. The zero-order valence-electron chi connectivity index (χ0n) is 14.8. The van der Waals surface area contributed by atoms with E-state index in [0.29, 0.717) is 18.8 Å². The number of carbonyl (C=O) groups is 2. The van der Waals surface area contributed by atoms with Gasteiger partial charge in [-0.1, -0.05) is 19.8 Å². The van der Waals surface area contributed by atoms with Crippen molar-refractivity contribution >= 4 is 11.9 Å². The third-order valence-corrected chi connectivity index (χ3v) is 6.22. The van der Waals surface area contributed by atoms with Crippen molar-refractivity contribution in [3.8, 4) is 0 Å². The largest absolute Gasteiger partial charge is 0.480 e. The van der Waals surface area contributed by atoms with Crippen LogP contribution < -0.4 is 0 Å². The molecule has 3 atom stereocenters. The maximum atomic E-state index is 12.8. The zero-order valence-corrected chi connectivity index (χ0v) is 14.8. The van der Waals surface area contributed by atoms with E-state index in [0.717, 1.165) is 58.5 Å². The van der Waals surface area contributed by atoms with Crippen molar-refractivity contribution in [3.63, 3.8) is 0 Å². The van der Waals surface area contributed by atoms with Gasteiger partial charge in [0.1, 0.15) is 6.04 Å². The summed E-state index contributed by atoms with van der Waals surface area (Å²) in [6, 6.07) is -0.424. The summed E-state index contributed by atoms with van der Waals surface area (Å²) in [5, 5.41) is 9.54. The minimum absolute atomic E-state index is 0.0507. The topological polar surface area (TPSA) is 64.1 Å². The van der Waals surface area contributed by atoms with Gasteiger partial charge in [0.2, 0.25) is 5.91 Å². The van der Waals surface area contributed by atoms with Crippen LogP contribution in [0, 0.1) is 5.92 Å². The predicted molar refractivity (Wildman–Crippen MR) is 91.8 cm³/mol. The fraction of sp³-hybridized carbons (Fsp3) is 0.889. The highest BCUT2D eigenvalue weighted by Gasteiger charge is 2.47. The van der Waals surface area contributed by atoms with Gasteiger partial charge in [-0.15, -0.1) is 0 Å². The number of piperazine rings is 1. The molecule has 3 fully saturated rings. The standard InChI is InChI=1S/C18H31N3O3/c1-2-19-9-11-20(12-10-19)8-7-17(22)21-15-6-4-3-5-14(15)13-16(21)18(23)24/h14-16H,2-13H2,1H3,(H,23,24). The van der Waals surface area contributed by atoms with Crippen LogP contribution in [-0.2, 0) is 9.59 Å². The van der Waals surface area contributed by atoms with Gasteiger partial charge in [0.25, 0.3) is 0 Å². The molecule has 1 aliphatic carbocycles. The van der Waals surface area contributed by atoms with Crippen LogP contribution in [0.2, 0.25) is 0 Å². The molecule has 0 spiro atoms. The summed E-state index contributed by atoms with van der Waals surface area (Å²) in [7, 11) is 0. The van der Waals surface area contributed by atoms with E-state index in [1.807, 2.05) is 0 Å². The smallest absolute Gasteiger partial charge is 0.326 e. The molecular formula is C18H31N3O3. The normalized spacial score (nSPS) is 31.9. The summed E-state index contributed by atoms with van der Waals surface area (Å²) < 4.78 is 0. The molecule has 3 rings (SSSR count). The van der Waals surface area contributed by atoms with Gasteiger partial charge in [0, 0.05) is 45.2 Å². The Balaban J connectivity index is 1.55. The second-order valence-electron chi connectivity index (χ2n) is 7.53. The molecule has 3 unspecified atom stereocenters. The van der Waals surface area contributed by atoms with Crippen molar-refractivity contribution in [3.05, 3.63) is 0 Å². The van der Waals surface area contributed by atoms with Gasteiger partial charge in [-0.25, -0.2) is 4.79 Å². The molecule has 0 aromatic rings. The van der Waals surface area contributed by atoms with Crippen LogP contribution >= 0.6 is 0 Å². The summed E-state index contributed by atoms with van der Waals surface area (Å²) in [6.07, 6.45) is 5.47. The molecule has 2 saturated heterocycles. The average molecular weight is 337 g/mol. The molecule has 0 aromatic heterocycles. The van der Waals surface area contributed by atoms with Gasteiger partial charge >= 0.3 is 5.97 Å². The maximum Gasteiger partial charge on any atom is 0.326 e. The molecule has 6 nitrogen and oxygen atoms in total. The van der Waals surface area contributed by atoms with Crippen LogP contribution in [0.1, 0.15) is 45.4 Å². The van der Waals surface area contributed by atoms with E-state index in [1.165, 1.54) is 6.42 Å². The molecule has 136 valence electrons. The number of nitrogens with zero attached hydrogens (tertiary/aromatic N) is 3. The molecule has 1 saturated carbocycles. The number of aliphatic carboxylic acids is 1. The molecular weight excluding hydrogens is 306 g/mol. The van der Waals surface area contributed by atoms with Gasteiger partial charge < -0.3 is 19.8 Å². The number of likely N-dealkylation sites (tertiary alicyclic amines) is 1. The van der Waals surface area contributed by atoms with E-state index >= 15 is 0 Å². The Kier molecular flexibility index (Phi) is 5.76. The number of carboxylic acids is 1. The van der Waals surface area contributed by atoms with Crippen molar-refractivity contribution in [2.45, 2.75) is 57.5 Å². The van der Waals surface area contributed by atoms with Crippen LogP contribution in [-0.4, -0.2) is 83.0 Å². The second kappa shape index (κ2) is 7.83. The summed E-state index contributed by atoms with van der Waals surface area (Å²) in [4.78, 5) is 30.9. The highest BCUT2D eigenvalue weighted by Crippen LogP contribution is 2.40. The Bertz CT molecular complexity index is 462. The molecule has 0 bridgehead atoms. The number of carbonyl (C=O) groups excluding carboxylic acids is 1. The Morgan fingerprint density at radius 2 is 1.71 bits per heavy atom. The van der Waals surface area contributed by atoms with E-state index < -0.39 is 12.0 Å². The van der Waals surface area contributed by atoms with E-state index in [1.54, 1.807) is 4.90 Å². The molecule has 6 heteroatoms. The highest BCUT2D eigenvalue weighted by molar-refractivity contribution is 5.85. The third kappa shape index (κ3) is 3.75. The lowest BCUT2D eigenvalue weighted by Gasteiger charge is -2.35. The van der Waals surface area contributed by atoms with Crippen LogP contribution in [0.15, 0.2) is 0 Å². The first kappa shape index (κ1) is 17.7. The molecule has 1 N–H and O–H groups in total. The Labute approximate surface area is 144 Å². The van der Waals surface area contributed by atoms with Crippen LogP contribution in [0.5, 0.6) is 0 Å². The molecule has 0 radical (unpaired) electrons. The summed E-state index contributed by atoms with van der Waals surface area (Å²) in [5.41, 5.74) is 0. The summed E-state index contributed by atoms with van der Waals surface area (Å²) in [5.74, 6) is -0.374. The molecule has 0 aromatic carbocycles. The minimum atomic E-state index is -0.825. The number of rotatable bonds is 5. The van der Waals surface area contributed by atoms with Crippen LogP contribution in [0.25, 0.3) is 0 Å². The van der Waals surface area contributed by atoms with Gasteiger partial charge in [-0.2, -0.15) is 0 Å². The number of hydrogen-bond donors (Lipinski definition) is 1. The first-order valence-electron chi connectivity index (χ1n) is 9.58. The lowest BCUT2D eigenvalue weighted by molar-refractivity contribution is -0.150. The quantitative estimate of drug-likeness (QED) is 0.818. The second-order valence-corrected chi connectivity index (χ2v) is 7.53. The number of likely N-dealkylation sites (N-methyl/N-ethyl adjacent to an activating group) is 1. The summed E-state index contributed by atoms with van der Waals surface area (Å²) in [6.45, 7) is 8.18. The number of hydrogen-bond acceptors (Lipinski definition) is 4. The first-order valence-corrected chi connectivity index (χ1v) is 9.58. The maximum absolute atomic E-state index is 12.8. The molecule has 2 heterocycles. The lowest BCUT2D eigenvalue weighted by atomic mass is 9.84. The van der Waals surface area contributed by atoms with Crippen LogP contribution in [0.3, 0.4) is 0 Å². The van der Waals surface area contributed by atoms with Crippen molar-refractivity contribution < 1.29 is 14.7 Å². The van der Waals surface area contributed by atoms with Gasteiger partial charge in [0.05, 0.1) is 0 Å². The van der Waals surface area contributed by atoms with Crippen molar-refractivity contribution in [1.29, 1.82) is 0 Å². The average Bonchev–Trinajstić information content (AvgIpc) is 3.00. The monoisotopic (exact) mass is 337 g/mol. The SMILES string of the molecule is CCN1CCN(CCC(=O)N2C(C(=O)O)CC3CCCCC32)CC1. The van der Waals surface area contributed by atoms with Crippen molar-refractivity contribution in [2.24, 2.45) is 5.92 Å². The van der Waals surface area contributed by atoms with Crippen molar-refractivity contribution in [2.75, 3.05) is 39.3 Å². The number of carboxylic acid groups (broad SMARTS) is 1. The number of fused-ring (bicyclic) bond motifs is 1. The molecule has 24 heavy (non-hydrogen) atoms.